The first-order chi connectivity index (χ1) is 9.97. The third-order valence-corrected chi connectivity index (χ3v) is 4.00. The van der Waals surface area contributed by atoms with Crippen LogP contribution in [0.3, 0.4) is 0 Å². The van der Waals surface area contributed by atoms with Crippen molar-refractivity contribution in [1.29, 1.82) is 0 Å². The van der Waals surface area contributed by atoms with E-state index in [-0.39, 0.29) is 22.7 Å². The van der Waals surface area contributed by atoms with Crippen LogP contribution in [0.4, 0.5) is 4.39 Å². The van der Waals surface area contributed by atoms with E-state index in [9.17, 15) is 9.18 Å². The van der Waals surface area contributed by atoms with Crippen molar-refractivity contribution in [1.82, 2.24) is 10.3 Å². The van der Waals surface area contributed by atoms with E-state index in [1.807, 2.05) is 12.3 Å². The van der Waals surface area contributed by atoms with E-state index in [0.29, 0.717) is 0 Å². The molecule has 0 radical (unpaired) electrons. The van der Waals surface area contributed by atoms with Crippen LogP contribution >= 0.6 is 22.9 Å². The Hall–Kier alpha value is -1.66. The van der Waals surface area contributed by atoms with E-state index in [1.165, 1.54) is 23.5 Å². The van der Waals surface area contributed by atoms with Gasteiger partial charge in [-0.25, -0.2) is 9.37 Å². The predicted octanol–water partition coefficient (Wildman–Crippen LogP) is 3.58. The molecule has 1 aromatic heterocycles. The molecule has 7 heteroatoms. The number of benzene rings is 1. The Morgan fingerprint density at radius 2 is 2.24 bits per heavy atom. The molecule has 2 atom stereocenters. The van der Waals surface area contributed by atoms with E-state index in [0.717, 1.165) is 11.1 Å². The summed E-state index contributed by atoms with van der Waals surface area (Å²) < 4.78 is 18.4. The summed E-state index contributed by atoms with van der Waals surface area (Å²) in [4.78, 5) is 16.2. The molecule has 0 saturated carbocycles. The molecule has 0 aliphatic carbocycles. The van der Waals surface area contributed by atoms with Gasteiger partial charge in [-0.1, -0.05) is 11.6 Å². The highest BCUT2D eigenvalue weighted by atomic mass is 35.5. The molecule has 1 aromatic carbocycles. The summed E-state index contributed by atoms with van der Waals surface area (Å²) in [6.45, 7) is 3.44. The van der Waals surface area contributed by atoms with Crippen molar-refractivity contribution in [3.63, 3.8) is 0 Å². The summed E-state index contributed by atoms with van der Waals surface area (Å²) in [6, 6.07) is 3.56. The molecule has 1 N–H and O–H groups in total. The summed E-state index contributed by atoms with van der Waals surface area (Å²) in [5.41, 5.74) is 0. The van der Waals surface area contributed by atoms with Crippen molar-refractivity contribution >= 4 is 28.8 Å². The minimum absolute atomic E-state index is 0.127. The summed E-state index contributed by atoms with van der Waals surface area (Å²) in [7, 11) is 0. The van der Waals surface area contributed by atoms with Crippen LogP contribution in [0, 0.1) is 5.82 Å². The van der Waals surface area contributed by atoms with Gasteiger partial charge in [-0.2, -0.15) is 0 Å². The zero-order valence-corrected chi connectivity index (χ0v) is 13.0. The Balaban J connectivity index is 1.96. The highest BCUT2D eigenvalue weighted by Crippen LogP contribution is 2.26. The van der Waals surface area contributed by atoms with Crippen molar-refractivity contribution in [2.75, 3.05) is 0 Å². The van der Waals surface area contributed by atoms with Crippen LogP contribution in [0.5, 0.6) is 5.75 Å². The van der Waals surface area contributed by atoms with E-state index in [1.54, 1.807) is 13.1 Å². The topological polar surface area (TPSA) is 51.2 Å². The zero-order chi connectivity index (χ0) is 15.4. The zero-order valence-electron chi connectivity index (χ0n) is 11.5. The molecule has 2 rings (SSSR count). The maximum absolute atomic E-state index is 12.9. The second-order valence-corrected chi connectivity index (χ2v) is 5.77. The number of carbonyl (C=O) groups is 1. The van der Waals surface area contributed by atoms with Crippen molar-refractivity contribution < 1.29 is 13.9 Å². The minimum atomic E-state index is -0.754. The lowest BCUT2D eigenvalue weighted by atomic mass is 10.3. The Morgan fingerprint density at radius 1 is 1.48 bits per heavy atom. The molecule has 0 fully saturated rings. The van der Waals surface area contributed by atoms with Gasteiger partial charge in [0.15, 0.2) is 6.10 Å². The number of amides is 1. The fourth-order valence-corrected chi connectivity index (χ4v) is 2.51. The fraction of sp³-hybridized carbons (Fsp3) is 0.286. The normalized spacial score (nSPS) is 13.5. The van der Waals surface area contributed by atoms with Crippen LogP contribution in [-0.4, -0.2) is 17.0 Å². The van der Waals surface area contributed by atoms with Gasteiger partial charge in [-0.15, -0.1) is 11.3 Å². The van der Waals surface area contributed by atoms with Crippen molar-refractivity contribution in [3.8, 4) is 5.75 Å². The number of thiazole rings is 1. The lowest BCUT2D eigenvalue weighted by Crippen LogP contribution is -2.37. The van der Waals surface area contributed by atoms with E-state index in [4.69, 9.17) is 16.3 Å². The van der Waals surface area contributed by atoms with E-state index < -0.39 is 11.9 Å². The van der Waals surface area contributed by atoms with Gasteiger partial charge in [-0.05, 0) is 32.0 Å². The molecule has 1 heterocycles. The van der Waals surface area contributed by atoms with Crippen LogP contribution in [0.1, 0.15) is 24.9 Å². The monoisotopic (exact) mass is 328 g/mol. The quantitative estimate of drug-likeness (QED) is 0.912. The fourth-order valence-electron chi connectivity index (χ4n) is 1.66. The average Bonchev–Trinajstić information content (AvgIpc) is 2.95. The smallest absolute Gasteiger partial charge is 0.261 e. The van der Waals surface area contributed by atoms with Gasteiger partial charge in [-0.3, -0.25) is 4.79 Å². The number of carbonyl (C=O) groups excluding carboxylic acids is 1. The van der Waals surface area contributed by atoms with Gasteiger partial charge >= 0.3 is 0 Å². The molecule has 0 aliphatic heterocycles. The number of aromatic nitrogens is 1. The van der Waals surface area contributed by atoms with Crippen molar-refractivity contribution in [2.45, 2.75) is 26.0 Å². The third-order valence-electron chi connectivity index (χ3n) is 2.75. The van der Waals surface area contributed by atoms with E-state index in [2.05, 4.69) is 10.3 Å². The summed E-state index contributed by atoms with van der Waals surface area (Å²) >= 11 is 7.32. The van der Waals surface area contributed by atoms with Crippen LogP contribution in [-0.2, 0) is 4.79 Å². The number of ether oxygens (including phenoxy) is 1. The highest BCUT2D eigenvalue weighted by Gasteiger charge is 2.19. The lowest BCUT2D eigenvalue weighted by molar-refractivity contribution is -0.127. The molecule has 1 amide bonds. The molecule has 4 nitrogen and oxygen atoms in total. The molecule has 21 heavy (non-hydrogen) atoms. The Bertz CT molecular complexity index is 621. The molecule has 112 valence electrons. The van der Waals surface area contributed by atoms with Crippen molar-refractivity contribution in [2.24, 2.45) is 0 Å². The molecule has 0 aliphatic rings. The first-order valence-corrected chi connectivity index (χ1v) is 7.54. The Kier molecular flexibility index (Phi) is 5.14. The standard InChI is InChI=1S/C14H14ClFN2O2S/c1-8(14-17-5-6-21-14)18-13(19)9(2)20-12-4-3-10(16)7-11(12)15/h3-9H,1-2H3,(H,18,19). The van der Waals surface area contributed by atoms with Gasteiger partial charge in [0, 0.05) is 11.6 Å². The number of hydrogen-bond acceptors (Lipinski definition) is 4. The molecular formula is C14H14ClFN2O2S. The summed E-state index contributed by atoms with van der Waals surface area (Å²) in [5.74, 6) is -0.484. The third kappa shape index (κ3) is 4.15. The van der Waals surface area contributed by atoms with Gasteiger partial charge in [0.05, 0.1) is 11.1 Å². The lowest BCUT2D eigenvalue weighted by Gasteiger charge is -2.18. The highest BCUT2D eigenvalue weighted by molar-refractivity contribution is 7.09. The number of rotatable bonds is 5. The number of nitrogens with zero attached hydrogens (tertiary/aromatic N) is 1. The average molecular weight is 329 g/mol. The molecular weight excluding hydrogens is 315 g/mol. The maximum atomic E-state index is 12.9. The van der Waals surface area contributed by atoms with Crippen LogP contribution in [0.25, 0.3) is 0 Å². The first kappa shape index (κ1) is 15.7. The minimum Gasteiger partial charge on any atom is -0.479 e. The second kappa shape index (κ2) is 6.87. The number of halogens is 2. The number of nitrogens with one attached hydrogen (secondary N) is 1. The SMILES string of the molecule is CC(Oc1ccc(F)cc1Cl)C(=O)NC(C)c1nccs1. The van der Waals surface area contributed by atoms with Gasteiger partial charge < -0.3 is 10.1 Å². The largest absolute Gasteiger partial charge is 0.479 e. The Morgan fingerprint density at radius 3 is 2.86 bits per heavy atom. The molecule has 0 bridgehead atoms. The van der Waals surface area contributed by atoms with Gasteiger partial charge in [0.25, 0.3) is 5.91 Å². The molecule has 2 aromatic rings. The summed E-state index contributed by atoms with van der Waals surface area (Å²) in [6.07, 6.45) is 0.927. The summed E-state index contributed by atoms with van der Waals surface area (Å²) in [5, 5.41) is 5.59. The predicted molar refractivity (Wildman–Crippen MR) is 80.2 cm³/mol. The maximum Gasteiger partial charge on any atom is 0.261 e. The van der Waals surface area contributed by atoms with Crippen molar-refractivity contribution in [3.05, 3.63) is 45.6 Å². The number of hydrogen-bond donors (Lipinski definition) is 1. The second-order valence-electron chi connectivity index (χ2n) is 4.44. The first-order valence-electron chi connectivity index (χ1n) is 6.29. The molecule has 0 saturated heterocycles. The van der Waals surface area contributed by atoms with E-state index >= 15 is 0 Å². The molecule has 2 unspecified atom stereocenters. The van der Waals surface area contributed by atoms with Gasteiger partial charge in [0.1, 0.15) is 16.6 Å². The van der Waals surface area contributed by atoms with Crippen LogP contribution in [0.15, 0.2) is 29.8 Å². The Labute approximate surface area is 130 Å². The van der Waals surface area contributed by atoms with Crippen LogP contribution < -0.4 is 10.1 Å². The van der Waals surface area contributed by atoms with Crippen LogP contribution in [0.2, 0.25) is 5.02 Å². The molecule has 0 spiro atoms. The van der Waals surface area contributed by atoms with Gasteiger partial charge in [0.2, 0.25) is 0 Å².